The zero-order valence-electron chi connectivity index (χ0n) is 49.3. The van der Waals surface area contributed by atoms with Crippen molar-refractivity contribution >= 4 is 46.9 Å². The van der Waals surface area contributed by atoms with Crippen LogP contribution in [0.25, 0.3) is 11.1 Å². The van der Waals surface area contributed by atoms with Crippen LogP contribution < -0.4 is 37.2 Å². The van der Waals surface area contributed by atoms with Crippen molar-refractivity contribution in [3.63, 3.8) is 0 Å². The number of hydrogen-bond donors (Lipinski definition) is 6. The summed E-state index contributed by atoms with van der Waals surface area (Å²) in [6.45, 7) is 12.2. The van der Waals surface area contributed by atoms with Crippen LogP contribution >= 0.6 is 0 Å². The summed E-state index contributed by atoms with van der Waals surface area (Å²) in [5.74, 6) is -2.14. The first-order chi connectivity index (χ1) is 40.3. The summed E-state index contributed by atoms with van der Waals surface area (Å²) in [6.07, 6.45) is 4.01. The number of carbonyl (C=O) groups is 6. The zero-order chi connectivity index (χ0) is 60.5. The molecule has 0 aliphatic carbocycles. The van der Waals surface area contributed by atoms with Gasteiger partial charge in [-0.1, -0.05) is 58.0 Å². The average Bonchev–Trinajstić information content (AvgIpc) is 2.41. The number of amides is 6. The van der Waals surface area contributed by atoms with Crippen LogP contribution in [0.15, 0.2) is 60.8 Å². The SMILES string of the molecule is CC[C@H](NC(=O)[C@H]1C[C@@H](NC(=O)CCOCCOCCOCCOCCC(=O)NCCn2nc(C#N)c3c2CN(C)C(=O)c2ccc(F)cc2[C@H]2CCCN2c2cc-3cnc2N)CN1C(=O)[C@H](NC(=O)[C@@H](C)NC)C(C)(C)C)c1ccccc1. The molecule has 0 spiro atoms. The number of anilines is 2. The molecule has 0 saturated carbocycles. The molecule has 0 radical (unpaired) electrons. The maximum atomic E-state index is 14.8. The highest BCUT2D eigenvalue weighted by molar-refractivity contribution is 5.97. The van der Waals surface area contributed by atoms with Crippen molar-refractivity contribution in [3.8, 4) is 17.2 Å². The van der Waals surface area contributed by atoms with Crippen LogP contribution in [0.4, 0.5) is 15.9 Å². The molecule has 6 atom stereocenters. The number of likely N-dealkylation sites (N-methyl/N-ethyl adjacent to an activating group) is 1. The molecule has 84 heavy (non-hydrogen) atoms. The van der Waals surface area contributed by atoms with E-state index in [1.165, 1.54) is 28.0 Å². The van der Waals surface area contributed by atoms with Crippen LogP contribution in [0.2, 0.25) is 0 Å². The van der Waals surface area contributed by atoms with Gasteiger partial charge in [-0.05, 0) is 80.5 Å². The van der Waals surface area contributed by atoms with Gasteiger partial charge in [-0.2, -0.15) is 10.4 Å². The summed E-state index contributed by atoms with van der Waals surface area (Å²) in [4.78, 5) is 91.1. The van der Waals surface area contributed by atoms with E-state index in [1.807, 2.05) is 69.0 Å². The van der Waals surface area contributed by atoms with E-state index in [0.29, 0.717) is 66.2 Å². The molecular formula is C60H82FN13O10. The minimum Gasteiger partial charge on any atom is -0.382 e. The largest absolute Gasteiger partial charge is 0.382 e. The van der Waals surface area contributed by atoms with E-state index >= 15 is 0 Å². The van der Waals surface area contributed by atoms with Crippen LogP contribution in [0, 0.1) is 22.6 Å². The third kappa shape index (κ3) is 16.6. The Hall–Kier alpha value is -7.56. The van der Waals surface area contributed by atoms with E-state index in [4.69, 9.17) is 24.7 Å². The summed E-state index contributed by atoms with van der Waals surface area (Å²) in [7, 11) is 3.31. The second kappa shape index (κ2) is 30.3. The number of fused-ring (bicyclic) bond motifs is 8. The van der Waals surface area contributed by atoms with Crippen molar-refractivity contribution in [2.24, 2.45) is 5.41 Å². The number of likely N-dealkylation sites (tertiary alicyclic amines) is 1. The van der Waals surface area contributed by atoms with Gasteiger partial charge in [0.25, 0.3) is 5.91 Å². The van der Waals surface area contributed by atoms with Crippen LogP contribution in [-0.2, 0) is 56.0 Å². The van der Waals surface area contributed by atoms with Gasteiger partial charge in [-0.3, -0.25) is 33.4 Å². The van der Waals surface area contributed by atoms with Gasteiger partial charge in [0.2, 0.25) is 29.5 Å². The second-order valence-corrected chi connectivity index (χ2v) is 22.4. The van der Waals surface area contributed by atoms with Gasteiger partial charge in [0, 0.05) is 68.5 Å². The third-order valence-corrected chi connectivity index (χ3v) is 15.4. The maximum absolute atomic E-state index is 14.8. The Morgan fingerprint density at radius 3 is 2.23 bits per heavy atom. The number of rotatable bonds is 27. The molecule has 6 amide bonds. The molecule has 0 unspecified atom stereocenters. The van der Waals surface area contributed by atoms with Gasteiger partial charge in [-0.15, -0.1) is 0 Å². The number of nitrogen functional groups attached to an aromatic ring is 1. The van der Waals surface area contributed by atoms with Gasteiger partial charge in [0.15, 0.2) is 5.69 Å². The molecule has 23 nitrogen and oxygen atoms in total. The highest BCUT2D eigenvalue weighted by atomic mass is 19.1. The molecule has 7 rings (SSSR count). The number of pyridine rings is 1. The normalized spacial score (nSPS) is 17.8. The smallest absolute Gasteiger partial charge is 0.254 e. The summed E-state index contributed by atoms with van der Waals surface area (Å²) >= 11 is 0. The monoisotopic (exact) mass is 1160 g/mol. The first-order valence-corrected chi connectivity index (χ1v) is 28.9. The Kier molecular flexibility index (Phi) is 23.1. The number of aromatic nitrogens is 3. The van der Waals surface area contributed by atoms with Crippen molar-refractivity contribution in [2.45, 2.75) is 122 Å². The van der Waals surface area contributed by atoms with E-state index < -0.39 is 41.3 Å². The Morgan fingerprint density at radius 2 is 1.58 bits per heavy atom. The number of nitrogens with two attached hydrogens (primary N) is 1. The van der Waals surface area contributed by atoms with E-state index in [1.54, 1.807) is 31.9 Å². The number of nitrogens with zero attached hydrogens (tertiary/aromatic N) is 7. The van der Waals surface area contributed by atoms with Crippen LogP contribution in [0.1, 0.15) is 118 Å². The zero-order valence-corrected chi connectivity index (χ0v) is 49.3. The Labute approximate surface area is 490 Å². The van der Waals surface area contributed by atoms with Gasteiger partial charge in [0.1, 0.15) is 29.8 Å². The molecule has 3 aliphatic rings. The molecule has 24 heteroatoms. The molecule has 3 aliphatic heterocycles. The fourth-order valence-electron chi connectivity index (χ4n) is 10.7. The second-order valence-electron chi connectivity index (χ2n) is 22.4. The average molecular weight is 1160 g/mol. The molecule has 5 heterocycles. The first kappa shape index (κ1) is 64.0. The van der Waals surface area contributed by atoms with E-state index in [-0.39, 0.29) is 138 Å². The fraction of sp³-hybridized carbons (Fsp3) is 0.550. The summed E-state index contributed by atoms with van der Waals surface area (Å²) in [6, 6.07) is 14.4. The van der Waals surface area contributed by atoms with Gasteiger partial charge >= 0.3 is 0 Å². The summed E-state index contributed by atoms with van der Waals surface area (Å²) < 4.78 is 38.9. The van der Waals surface area contributed by atoms with Crippen molar-refractivity contribution in [2.75, 3.05) is 97.2 Å². The van der Waals surface area contributed by atoms with Crippen molar-refractivity contribution in [3.05, 3.63) is 94.7 Å². The van der Waals surface area contributed by atoms with Crippen molar-refractivity contribution in [1.29, 1.82) is 5.26 Å². The van der Waals surface area contributed by atoms with Crippen LogP contribution in [-0.4, -0.2) is 171 Å². The molecule has 2 aromatic heterocycles. The highest BCUT2D eigenvalue weighted by Gasteiger charge is 2.46. The van der Waals surface area contributed by atoms with Crippen molar-refractivity contribution in [1.82, 2.24) is 51.1 Å². The van der Waals surface area contributed by atoms with Gasteiger partial charge in [-0.25, -0.2) is 9.37 Å². The predicted octanol–water partition coefficient (Wildman–Crippen LogP) is 3.92. The molecular weight excluding hydrogens is 1080 g/mol. The van der Waals surface area contributed by atoms with Gasteiger partial charge in [0.05, 0.1) is 95.5 Å². The molecule has 2 fully saturated rings. The number of hydrogen-bond acceptors (Lipinski definition) is 16. The van der Waals surface area contributed by atoms with E-state index in [0.717, 1.165) is 12.0 Å². The van der Waals surface area contributed by atoms with Gasteiger partial charge < -0.3 is 66.0 Å². The minimum atomic E-state index is -0.938. The molecule has 2 bridgehead atoms. The van der Waals surface area contributed by atoms with Crippen molar-refractivity contribution < 1.29 is 52.1 Å². The molecule has 2 aromatic carbocycles. The fourth-order valence-corrected chi connectivity index (χ4v) is 10.7. The van der Waals surface area contributed by atoms with Crippen LogP contribution in [0.3, 0.4) is 0 Å². The summed E-state index contributed by atoms with van der Waals surface area (Å²) in [5, 5.41) is 29.7. The van der Waals surface area contributed by atoms with Crippen LogP contribution in [0.5, 0.6) is 0 Å². The van der Waals surface area contributed by atoms with E-state index in [9.17, 15) is 38.4 Å². The number of ether oxygens (including phenoxy) is 4. The lowest BCUT2D eigenvalue weighted by atomic mass is 9.85. The minimum absolute atomic E-state index is 0.0481. The first-order valence-electron chi connectivity index (χ1n) is 28.9. The number of nitriles is 1. The molecule has 2 saturated heterocycles. The Morgan fingerprint density at radius 1 is 0.917 bits per heavy atom. The Bertz CT molecular complexity index is 2970. The Balaban J connectivity index is 0.785. The lowest BCUT2D eigenvalue weighted by Crippen LogP contribution is -2.59. The highest BCUT2D eigenvalue weighted by Crippen LogP contribution is 2.43. The quantitative estimate of drug-likeness (QED) is 0.0462. The number of nitrogens with one attached hydrogen (secondary N) is 5. The lowest BCUT2D eigenvalue weighted by Gasteiger charge is -2.36. The predicted molar refractivity (Wildman–Crippen MR) is 311 cm³/mol. The topological polar surface area (TPSA) is 290 Å². The third-order valence-electron chi connectivity index (χ3n) is 15.4. The maximum Gasteiger partial charge on any atom is 0.254 e. The number of benzene rings is 2. The summed E-state index contributed by atoms with van der Waals surface area (Å²) in [5.41, 5.74) is 10.0. The molecule has 454 valence electrons. The number of carbonyl (C=O) groups excluding carboxylic acids is 6. The standard InChI is InChI=1S/C60H82FN13O10/c1-8-45(39-13-10-9-11-14-39)68-57(78)49-33-42(36-73(49)59(80)54(60(3,4)5)69-56(77)38(2)64-6)67-52(76)19-24-82-26-28-84-30-29-83-27-25-81-23-18-51(75)65-20-22-74-50-37-71(7)58(79)43-17-16-41(61)32-44(43)47-15-12-21-72(47)48-31-40(35-66-55(48)63)53(50)46(34-62)70-74/h9-11,13-14,16-17,31-32,35,38,42,45,47,49,54,64H,8,12,15,18-30,33,36-37H2,1-7H3,(H2,63,66)(H,65,75)(H,67,76)(H,68,78)(H,69,77)/t38-,42-,45+,47-,49-,54+/m1/s1. The van der Waals surface area contributed by atoms with E-state index in [2.05, 4.69) is 42.7 Å². The lowest BCUT2D eigenvalue weighted by molar-refractivity contribution is -0.144. The molecule has 4 aromatic rings. The number of halogens is 1. The molecule has 7 N–H and O–H groups in total.